The first-order valence-corrected chi connectivity index (χ1v) is 5.24. The maximum Gasteiger partial charge on any atom is 0.258 e. The van der Waals surface area contributed by atoms with Crippen LogP contribution in [0.5, 0.6) is 0 Å². The molecule has 0 N–H and O–H groups in total. The van der Waals surface area contributed by atoms with Crippen LogP contribution in [0.15, 0.2) is 35.3 Å². The smallest absolute Gasteiger partial charge is 0.258 e. The highest BCUT2D eigenvalue weighted by Gasteiger charge is 1.98. The molecule has 1 heterocycles. The second kappa shape index (κ2) is 4.78. The molecule has 2 nitrogen and oxygen atoms in total. The van der Waals surface area contributed by atoms with Gasteiger partial charge in [0.15, 0.2) is 0 Å². The highest BCUT2D eigenvalue weighted by Crippen LogP contribution is 2.10. The van der Waals surface area contributed by atoms with E-state index >= 15 is 0 Å². The number of fused-ring (bicyclic) bond motifs is 1. The minimum Gasteiger partial charge on any atom is -0.318 e. The molecular formula is C13H17NO. The van der Waals surface area contributed by atoms with Gasteiger partial charge in [-0.25, -0.2) is 0 Å². The van der Waals surface area contributed by atoms with Crippen molar-refractivity contribution < 1.29 is 0 Å². The van der Waals surface area contributed by atoms with Gasteiger partial charge in [-0.05, 0) is 24.4 Å². The molecule has 0 spiro atoms. The van der Waals surface area contributed by atoms with Crippen molar-refractivity contribution in [3.05, 3.63) is 46.4 Å². The molecule has 0 bridgehead atoms. The van der Waals surface area contributed by atoms with Crippen LogP contribution < -0.4 is 5.56 Å². The fourth-order valence-electron chi connectivity index (χ4n) is 1.46. The first-order valence-electron chi connectivity index (χ1n) is 5.24. The van der Waals surface area contributed by atoms with E-state index in [9.17, 15) is 4.79 Å². The van der Waals surface area contributed by atoms with Gasteiger partial charge in [-0.15, -0.1) is 0 Å². The van der Waals surface area contributed by atoms with Gasteiger partial charge in [0, 0.05) is 18.6 Å². The van der Waals surface area contributed by atoms with Crippen molar-refractivity contribution in [1.82, 2.24) is 4.57 Å². The van der Waals surface area contributed by atoms with Crippen LogP contribution in [0.25, 0.3) is 10.8 Å². The number of rotatable bonds is 0. The Morgan fingerprint density at radius 3 is 2.47 bits per heavy atom. The lowest BCUT2D eigenvalue weighted by Crippen LogP contribution is -2.15. The lowest BCUT2D eigenvalue weighted by Gasteiger charge is -2.01. The Kier molecular flexibility index (Phi) is 3.67. The average molecular weight is 203 g/mol. The molecule has 0 fully saturated rings. The van der Waals surface area contributed by atoms with Crippen molar-refractivity contribution >= 4 is 10.8 Å². The minimum absolute atomic E-state index is 0.0671. The number of hydrogen-bond acceptors (Lipinski definition) is 1. The first-order chi connectivity index (χ1) is 7.18. The van der Waals surface area contributed by atoms with E-state index < -0.39 is 0 Å². The molecule has 0 aliphatic carbocycles. The van der Waals surface area contributed by atoms with Crippen molar-refractivity contribution in [1.29, 1.82) is 0 Å². The molecule has 2 aromatic rings. The van der Waals surface area contributed by atoms with Gasteiger partial charge in [0.1, 0.15) is 0 Å². The summed E-state index contributed by atoms with van der Waals surface area (Å²) in [5, 5.41) is 1.80. The zero-order valence-electron chi connectivity index (χ0n) is 9.74. The molecular weight excluding hydrogens is 186 g/mol. The second-order valence-corrected chi connectivity index (χ2v) is 3.32. The SMILES string of the molecule is CC.Cc1ccc2c(=O)n(C)ccc2c1. The fraction of sp³-hybridized carbons (Fsp3) is 0.308. The molecule has 0 saturated carbocycles. The Morgan fingerprint density at radius 2 is 1.80 bits per heavy atom. The van der Waals surface area contributed by atoms with Crippen LogP contribution in [0, 0.1) is 6.92 Å². The molecule has 0 atom stereocenters. The number of hydrogen-bond donors (Lipinski definition) is 0. The number of pyridine rings is 1. The van der Waals surface area contributed by atoms with Gasteiger partial charge < -0.3 is 4.57 Å². The van der Waals surface area contributed by atoms with Gasteiger partial charge in [-0.1, -0.05) is 31.5 Å². The number of benzene rings is 1. The van der Waals surface area contributed by atoms with Crippen molar-refractivity contribution in [3.8, 4) is 0 Å². The van der Waals surface area contributed by atoms with Crippen molar-refractivity contribution in [2.45, 2.75) is 20.8 Å². The van der Waals surface area contributed by atoms with Gasteiger partial charge >= 0.3 is 0 Å². The van der Waals surface area contributed by atoms with Crippen LogP contribution in [-0.4, -0.2) is 4.57 Å². The Labute approximate surface area is 90.2 Å². The van der Waals surface area contributed by atoms with Crippen LogP contribution in [0.1, 0.15) is 19.4 Å². The van der Waals surface area contributed by atoms with Crippen LogP contribution in [-0.2, 0) is 7.05 Å². The maximum absolute atomic E-state index is 11.6. The summed E-state index contributed by atoms with van der Waals surface area (Å²) in [5.41, 5.74) is 1.25. The van der Waals surface area contributed by atoms with E-state index in [2.05, 4.69) is 0 Å². The number of nitrogens with zero attached hydrogens (tertiary/aromatic N) is 1. The van der Waals surface area contributed by atoms with E-state index in [0.29, 0.717) is 0 Å². The predicted octanol–water partition coefficient (Wildman–Crippen LogP) is 2.87. The Balaban J connectivity index is 0.000000531. The summed E-state index contributed by atoms with van der Waals surface area (Å²) in [6.07, 6.45) is 1.80. The van der Waals surface area contributed by atoms with Crippen LogP contribution in [0.2, 0.25) is 0 Å². The predicted molar refractivity (Wildman–Crippen MR) is 65.3 cm³/mol. The monoisotopic (exact) mass is 203 g/mol. The summed E-state index contributed by atoms with van der Waals surface area (Å²) in [7, 11) is 1.77. The van der Waals surface area contributed by atoms with Gasteiger partial charge in [0.05, 0.1) is 0 Å². The molecule has 0 unspecified atom stereocenters. The van der Waals surface area contributed by atoms with Gasteiger partial charge in [0.25, 0.3) is 5.56 Å². The molecule has 0 aliphatic rings. The maximum atomic E-state index is 11.6. The lowest BCUT2D eigenvalue weighted by molar-refractivity contribution is 0.873. The summed E-state index contributed by atoms with van der Waals surface area (Å²) in [6.45, 7) is 6.02. The highest BCUT2D eigenvalue weighted by atomic mass is 16.1. The topological polar surface area (TPSA) is 22.0 Å². The van der Waals surface area contributed by atoms with Gasteiger partial charge in [-0.2, -0.15) is 0 Å². The Bertz CT molecular complexity index is 511. The third-order valence-corrected chi connectivity index (χ3v) is 2.24. The Hall–Kier alpha value is -1.57. The van der Waals surface area contributed by atoms with Crippen molar-refractivity contribution in [2.75, 3.05) is 0 Å². The summed E-state index contributed by atoms with van der Waals surface area (Å²) in [4.78, 5) is 11.6. The first kappa shape index (κ1) is 11.5. The summed E-state index contributed by atoms with van der Waals surface area (Å²) < 4.78 is 1.59. The molecule has 2 heteroatoms. The molecule has 0 radical (unpaired) electrons. The fourth-order valence-corrected chi connectivity index (χ4v) is 1.46. The summed E-state index contributed by atoms with van der Waals surface area (Å²) in [5.74, 6) is 0. The van der Waals surface area contributed by atoms with E-state index in [1.54, 1.807) is 17.8 Å². The van der Waals surface area contributed by atoms with E-state index in [1.807, 2.05) is 45.0 Å². The van der Waals surface area contributed by atoms with Gasteiger partial charge in [0.2, 0.25) is 0 Å². The average Bonchev–Trinajstić information content (AvgIpc) is 2.26. The van der Waals surface area contributed by atoms with Crippen molar-refractivity contribution in [2.24, 2.45) is 7.05 Å². The summed E-state index contributed by atoms with van der Waals surface area (Å²) >= 11 is 0. The Morgan fingerprint density at radius 1 is 1.13 bits per heavy atom. The van der Waals surface area contributed by atoms with Crippen molar-refractivity contribution in [3.63, 3.8) is 0 Å². The van der Waals surface area contributed by atoms with E-state index in [-0.39, 0.29) is 5.56 Å². The van der Waals surface area contributed by atoms with Gasteiger partial charge in [-0.3, -0.25) is 4.79 Å². The van der Waals surface area contributed by atoms with E-state index in [1.165, 1.54) is 5.56 Å². The molecule has 0 aliphatic heterocycles. The molecule has 2 rings (SSSR count). The molecule has 0 saturated heterocycles. The highest BCUT2D eigenvalue weighted by molar-refractivity contribution is 5.81. The normalized spacial score (nSPS) is 9.60. The van der Waals surface area contributed by atoms with Crippen LogP contribution in [0.3, 0.4) is 0 Å². The lowest BCUT2D eigenvalue weighted by atomic mass is 10.1. The van der Waals surface area contributed by atoms with Crippen LogP contribution >= 0.6 is 0 Å². The zero-order valence-corrected chi connectivity index (χ0v) is 9.74. The molecule has 80 valence electrons. The molecule has 1 aromatic heterocycles. The van der Waals surface area contributed by atoms with E-state index in [0.717, 1.165) is 10.8 Å². The summed E-state index contributed by atoms with van der Waals surface area (Å²) in [6, 6.07) is 7.83. The zero-order chi connectivity index (χ0) is 11.4. The second-order valence-electron chi connectivity index (χ2n) is 3.32. The number of aromatic nitrogens is 1. The van der Waals surface area contributed by atoms with E-state index in [4.69, 9.17) is 0 Å². The third kappa shape index (κ3) is 2.27. The number of aryl methyl sites for hydroxylation is 2. The van der Waals surface area contributed by atoms with Crippen LogP contribution in [0.4, 0.5) is 0 Å². The molecule has 1 aromatic carbocycles. The largest absolute Gasteiger partial charge is 0.318 e. The minimum atomic E-state index is 0.0671. The molecule has 0 amide bonds. The molecule has 15 heavy (non-hydrogen) atoms. The third-order valence-electron chi connectivity index (χ3n) is 2.24. The standard InChI is InChI=1S/C11H11NO.C2H6/c1-8-3-4-10-9(7-8)5-6-12(2)11(10)13;1-2/h3-7H,1-2H3;1-2H3. The quantitative estimate of drug-likeness (QED) is 0.645.